The summed E-state index contributed by atoms with van der Waals surface area (Å²) in [7, 11) is 1.13. The SMILES string of the molecule is COC(=O)c1cc(OC(F)(F)F)c(I)nc1C. The van der Waals surface area contributed by atoms with E-state index in [1.165, 1.54) is 6.92 Å². The molecule has 17 heavy (non-hydrogen) atoms. The van der Waals surface area contributed by atoms with E-state index in [0.29, 0.717) is 0 Å². The van der Waals surface area contributed by atoms with Crippen LogP contribution in [0.5, 0.6) is 5.75 Å². The largest absolute Gasteiger partial charge is 0.573 e. The number of esters is 1. The maximum absolute atomic E-state index is 12.1. The van der Waals surface area contributed by atoms with Crippen LogP contribution >= 0.6 is 22.6 Å². The smallest absolute Gasteiger partial charge is 0.465 e. The zero-order valence-corrected chi connectivity index (χ0v) is 10.9. The Morgan fingerprint density at radius 1 is 1.47 bits per heavy atom. The first-order chi connectivity index (χ1) is 7.74. The molecule has 4 nitrogen and oxygen atoms in total. The van der Waals surface area contributed by atoms with Crippen molar-refractivity contribution in [2.24, 2.45) is 0 Å². The van der Waals surface area contributed by atoms with Gasteiger partial charge in [0.15, 0.2) is 5.75 Å². The van der Waals surface area contributed by atoms with E-state index < -0.39 is 18.1 Å². The van der Waals surface area contributed by atoms with Crippen LogP contribution < -0.4 is 4.74 Å². The van der Waals surface area contributed by atoms with Gasteiger partial charge in [-0.15, -0.1) is 13.2 Å². The summed E-state index contributed by atoms with van der Waals surface area (Å²) in [6, 6.07) is 0.962. The highest BCUT2D eigenvalue weighted by Crippen LogP contribution is 2.28. The lowest BCUT2D eigenvalue weighted by atomic mass is 10.2. The van der Waals surface area contributed by atoms with Crippen molar-refractivity contribution < 1.29 is 27.4 Å². The maximum atomic E-state index is 12.1. The molecule has 1 aromatic rings. The summed E-state index contributed by atoms with van der Waals surface area (Å²) in [5.41, 5.74) is 0.211. The molecule has 0 saturated carbocycles. The average molecular weight is 361 g/mol. The van der Waals surface area contributed by atoms with Crippen LogP contribution in [0.15, 0.2) is 6.07 Å². The van der Waals surface area contributed by atoms with E-state index in [2.05, 4.69) is 14.5 Å². The highest BCUT2D eigenvalue weighted by Gasteiger charge is 2.33. The van der Waals surface area contributed by atoms with Gasteiger partial charge in [-0.05, 0) is 35.6 Å². The summed E-state index contributed by atoms with van der Waals surface area (Å²) in [6.07, 6.45) is -4.83. The minimum Gasteiger partial charge on any atom is -0.465 e. The van der Waals surface area contributed by atoms with Gasteiger partial charge in [-0.2, -0.15) is 0 Å². The number of hydrogen-bond donors (Lipinski definition) is 0. The van der Waals surface area contributed by atoms with E-state index in [1.54, 1.807) is 22.6 Å². The molecule has 0 spiro atoms. The minimum atomic E-state index is -4.83. The number of carbonyl (C=O) groups excluding carboxylic acids is 1. The van der Waals surface area contributed by atoms with E-state index in [9.17, 15) is 18.0 Å². The molecule has 0 aliphatic heterocycles. The molecule has 0 bridgehead atoms. The number of hydrogen-bond acceptors (Lipinski definition) is 4. The van der Waals surface area contributed by atoms with Crippen LogP contribution in [0.1, 0.15) is 16.1 Å². The predicted octanol–water partition coefficient (Wildman–Crippen LogP) is 2.68. The molecule has 1 aromatic heterocycles. The Balaban J connectivity index is 3.19. The molecule has 0 aliphatic carbocycles. The van der Waals surface area contributed by atoms with Gasteiger partial charge in [0.05, 0.1) is 18.4 Å². The monoisotopic (exact) mass is 361 g/mol. The van der Waals surface area contributed by atoms with E-state index in [1.807, 2.05) is 0 Å². The Morgan fingerprint density at radius 3 is 2.53 bits per heavy atom. The van der Waals surface area contributed by atoms with Crippen LogP contribution in [0.4, 0.5) is 13.2 Å². The fourth-order valence-electron chi connectivity index (χ4n) is 1.07. The van der Waals surface area contributed by atoms with Crippen molar-refractivity contribution in [2.75, 3.05) is 7.11 Å². The molecule has 8 heteroatoms. The van der Waals surface area contributed by atoms with Crippen molar-refractivity contribution >= 4 is 28.6 Å². The summed E-state index contributed by atoms with van der Waals surface area (Å²) >= 11 is 1.59. The van der Waals surface area contributed by atoms with Gasteiger partial charge in [0.1, 0.15) is 3.70 Å². The number of aryl methyl sites for hydroxylation is 1. The zero-order chi connectivity index (χ0) is 13.2. The molecule has 0 atom stereocenters. The van der Waals surface area contributed by atoms with E-state index >= 15 is 0 Å². The first kappa shape index (κ1) is 14.0. The third-order valence-electron chi connectivity index (χ3n) is 1.77. The highest BCUT2D eigenvalue weighted by molar-refractivity contribution is 14.1. The van der Waals surface area contributed by atoms with E-state index in [-0.39, 0.29) is 15.0 Å². The standard InChI is InChI=1S/C9H7F3INO3/c1-4-5(8(15)16-2)3-6(7(13)14-4)17-9(10,11)12/h3H,1-2H3. The summed E-state index contributed by atoms with van der Waals surface area (Å²) in [5, 5.41) is 0. The number of methoxy groups -OCH3 is 1. The van der Waals surface area contributed by atoms with Crippen molar-refractivity contribution in [3.8, 4) is 5.75 Å². The molecule has 0 fully saturated rings. The number of halogens is 4. The second-order valence-electron chi connectivity index (χ2n) is 2.95. The van der Waals surface area contributed by atoms with Gasteiger partial charge >= 0.3 is 12.3 Å². The second-order valence-corrected chi connectivity index (χ2v) is 3.97. The lowest BCUT2D eigenvalue weighted by Crippen LogP contribution is -2.19. The number of rotatable bonds is 2. The lowest BCUT2D eigenvalue weighted by Gasteiger charge is -2.12. The Hall–Kier alpha value is -1.06. The Bertz CT molecular complexity index is 448. The van der Waals surface area contributed by atoms with E-state index in [0.717, 1.165) is 13.2 Å². The van der Waals surface area contributed by atoms with Gasteiger partial charge in [-0.25, -0.2) is 9.78 Å². The van der Waals surface area contributed by atoms with Crippen molar-refractivity contribution in [3.63, 3.8) is 0 Å². The van der Waals surface area contributed by atoms with Crippen LogP contribution in [-0.4, -0.2) is 24.4 Å². The van der Waals surface area contributed by atoms with Crippen LogP contribution in [0.3, 0.4) is 0 Å². The fourth-order valence-corrected chi connectivity index (χ4v) is 1.70. The predicted molar refractivity (Wildman–Crippen MR) is 59.7 cm³/mol. The topological polar surface area (TPSA) is 48.4 Å². The number of carbonyl (C=O) groups is 1. The summed E-state index contributed by atoms with van der Waals surface area (Å²) < 4.78 is 44.4. The van der Waals surface area contributed by atoms with Gasteiger partial charge in [-0.3, -0.25) is 0 Å². The second kappa shape index (κ2) is 5.07. The van der Waals surface area contributed by atoms with Crippen LogP contribution in [0.25, 0.3) is 0 Å². The van der Waals surface area contributed by atoms with Crippen LogP contribution in [-0.2, 0) is 4.74 Å². The fraction of sp³-hybridized carbons (Fsp3) is 0.333. The van der Waals surface area contributed by atoms with Crippen molar-refractivity contribution in [1.82, 2.24) is 4.98 Å². The number of aromatic nitrogens is 1. The number of alkyl halides is 3. The van der Waals surface area contributed by atoms with Crippen molar-refractivity contribution in [3.05, 3.63) is 21.0 Å². The Kier molecular flexibility index (Phi) is 4.17. The molecule has 0 amide bonds. The third-order valence-corrected chi connectivity index (χ3v) is 2.54. The molecule has 0 unspecified atom stereocenters. The molecule has 0 radical (unpaired) electrons. The summed E-state index contributed by atoms with van der Waals surface area (Å²) in [6.45, 7) is 1.49. The molecule has 1 rings (SSSR count). The molecule has 94 valence electrons. The van der Waals surface area contributed by atoms with E-state index in [4.69, 9.17) is 0 Å². The van der Waals surface area contributed by atoms with Crippen LogP contribution in [0, 0.1) is 10.6 Å². The summed E-state index contributed by atoms with van der Waals surface area (Å²) in [5.74, 6) is -1.29. The molecule has 1 heterocycles. The molecular formula is C9H7F3INO3. The van der Waals surface area contributed by atoms with Gasteiger partial charge in [0, 0.05) is 0 Å². The van der Waals surface area contributed by atoms with Gasteiger partial charge < -0.3 is 9.47 Å². The Labute approximate surface area is 108 Å². The highest BCUT2D eigenvalue weighted by atomic mass is 127. The average Bonchev–Trinajstić information content (AvgIpc) is 2.19. The first-order valence-corrected chi connectivity index (χ1v) is 5.33. The third kappa shape index (κ3) is 3.72. The van der Waals surface area contributed by atoms with Gasteiger partial charge in [-0.1, -0.05) is 0 Å². The number of ether oxygens (including phenoxy) is 2. The van der Waals surface area contributed by atoms with Gasteiger partial charge in [0.2, 0.25) is 0 Å². The molecule has 0 aromatic carbocycles. The molecule has 0 N–H and O–H groups in total. The number of nitrogens with zero attached hydrogens (tertiary/aromatic N) is 1. The molecule has 0 aliphatic rings. The first-order valence-electron chi connectivity index (χ1n) is 4.26. The lowest BCUT2D eigenvalue weighted by molar-refractivity contribution is -0.275. The minimum absolute atomic E-state index is 0.0186. The van der Waals surface area contributed by atoms with Gasteiger partial charge in [0.25, 0.3) is 0 Å². The zero-order valence-electron chi connectivity index (χ0n) is 8.76. The quantitative estimate of drug-likeness (QED) is 0.462. The van der Waals surface area contributed by atoms with Crippen molar-refractivity contribution in [2.45, 2.75) is 13.3 Å². The molecule has 0 saturated heterocycles. The Morgan fingerprint density at radius 2 is 2.06 bits per heavy atom. The maximum Gasteiger partial charge on any atom is 0.573 e. The number of pyridine rings is 1. The normalized spacial score (nSPS) is 11.2. The summed E-state index contributed by atoms with van der Waals surface area (Å²) in [4.78, 5) is 15.0. The van der Waals surface area contributed by atoms with Crippen LogP contribution in [0.2, 0.25) is 0 Å². The molecular weight excluding hydrogens is 354 g/mol. The van der Waals surface area contributed by atoms with Crippen molar-refractivity contribution in [1.29, 1.82) is 0 Å².